The molecule has 2 amide bonds. The van der Waals surface area contributed by atoms with Crippen molar-refractivity contribution in [3.05, 3.63) is 106 Å². The number of primary amides is 2. The highest BCUT2D eigenvalue weighted by Crippen LogP contribution is 2.36. The second kappa shape index (κ2) is 12.2. The van der Waals surface area contributed by atoms with Gasteiger partial charge in [-0.3, -0.25) is 9.59 Å². The van der Waals surface area contributed by atoms with Crippen LogP contribution >= 0.6 is 11.6 Å². The molecule has 0 aliphatic rings. The maximum atomic E-state index is 13.5. The van der Waals surface area contributed by atoms with Crippen LogP contribution in [0, 0.1) is 42.5 Å². The lowest BCUT2D eigenvalue weighted by molar-refractivity contribution is 0.0984. The van der Waals surface area contributed by atoms with E-state index in [9.17, 15) is 24.5 Å². The molecule has 4 aromatic heterocycles. The van der Waals surface area contributed by atoms with E-state index < -0.39 is 17.8 Å². The molecule has 6 aromatic rings. The van der Waals surface area contributed by atoms with Crippen molar-refractivity contribution in [1.82, 2.24) is 19.1 Å². The molecule has 2 aromatic carbocycles. The lowest BCUT2D eigenvalue weighted by Crippen LogP contribution is -2.16. The van der Waals surface area contributed by atoms with Gasteiger partial charge in [0.05, 0.1) is 34.3 Å². The first-order chi connectivity index (χ1) is 21.9. The van der Waals surface area contributed by atoms with Crippen LogP contribution in [0.4, 0.5) is 4.39 Å². The van der Waals surface area contributed by atoms with E-state index in [1.54, 1.807) is 72.7 Å². The van der Waals surface area contributed by atoms with E-state index in [0.717, 1.165) is 38.5 Å². The number of hydrogen-bond donors (Lipinski definition) is 2. The zero-order valence-electron chi connectivity index (χ0n) is 25.2. The van der Waals surface area contributed by atoms with Crippen LogP contribution in [0.2, 0.25) is 5.15 Å². The summed E-state index contributed by atoms with van der Waals surface area (Å²) in [5, 5.41) is 20.5. The summed E-state index contributed by atoms with van der Waals surface area (Å²) in [4.78, 5) is 31.1. The van der Waals surface area contributed by atoms with Crippen molar-refractivity contribution in [2.24, 2.45) is 25.6 Å². The van der Waals surface area contributed by atoms with Crippen molar-refractivity contribution in [3.63, 3.8) is 0 Å². The van der Waals surface area contributed by atoms with Gasteiger partial charge in [-0.05, 0) is 73.0 Å². The number of benzene rings is 2. The topological polar surface area (TPSA) is 169 Å². The second-order valence-electron chi connectivity index (χ2n) is 10.6. The van der Waals surface area contributed by atoms with Gasteiger partial charge in [0.15, 0.2) is 0 Å². The molecule has 6 rings (SSSR count). The summed E-state index contributed by atoms with van der Waals surface area (Å²) >= 11 is 5.85. The Morgan fingerprint density at radius 3 is 1.70 bits per heavy atom. The Morgan fingerprint density at radius 2 is 1.28 bits per heavy atom. The molecule has 0 spiro atoms. The smallest absolute Gasteiger partial charge is 0.265 e. The SMILES string of the molecule is Cc1c(C(N)=O)n(C)c2c(-c3ccc(Cl)nc3)cc(C#N)cc12.Cc1c(C(N)=O)n(C)c2c(-c3ccnc(F)c3)cc(C#N)cc12. The highest BCUT2D eigenvalue weighted by molar-refractivity contribution is 6.29. The molecule has 0 fully saturated rings. The molecule has 10 nitrogen and oxygen atoms in total. The molecule has 0 saturated heterocycles. The summed E-state index contributed by atoms with van der Waals surface area (Å²) in [6, 6.07) is 17.6. The van der Waals surface area contributed by atoms with Gasteiger partial charge in [-0.1, -0.05) is 11.6 Å². The maximum absolute atomic E-state index is 13.5. The fraction of sp³-hybridized carbons (Fsp3) is 0.118. The third kappa shape index (κ3) is 5.40. The molecule has 4 N–H and O–H groups in total. The number of halogens is 2. The summed E-state index contributed by atoms with van der Waals surface area (Å²) in [5.74, 6) is -1.66. The molecule has 12 heteroatoms. The highest BCUT2D eigenvalue weighted by atomic mass is 35.5. The van der Waals surface area contributed by atoms with E-state index in [2.05, 4.69) is 22.1 Å². The average Bonchev–Trinajstić information content (AvgIpc) is 3.44. The van der Waals surface area contributed by atoms with Gasteiger partial charge in [-0.2, -0.15) is 14.9 Å². The van der Waals surface area contributed by atoms with E-state index in [-0.39, 0.29) is 0 Å². The fourth-order valence-corrected chi connectivity index (χ4v) is 6.03. The van der Waals surface area contributed by atoms with E-state index in [4.69, 9.17) is 23.1 Å². The molecule has 0 aliphatic carbocycles. The summed E-state index contributed by atoms with van der Waals surface area (Å²) < 4.78 is 16.9. The standard InChI is InChI=1S/C17H13ClN4O.C17H13FN4O/c1-9-12-5-10(7-19)6-13(11-3-4-14(18)21-8-11)16(12)22(2)15(9)17(20)23;1-9-12-5-10(8-19)6-13(11-3-4-21-14(18)7-11)16(12)22(2)15(9)17(20)23/h3-6,8H,1-2H3,(H2,20,23);3-7H,1-2H3,(H2,20,23). The molecule has 0 bridgehead atoms. The molecule has 0 atom stereocenters. The molecular weight excluding hydrogens is 607 g/mol. The predicted octanol–water partition coefficient (Wildman–Crippen LogP) is 5.83. The summed E-state index contributed by atoms with van der Waals surface area (Å²) in [6.07, 6.45) is 3.00. The Morgan fingerprint density at radius 1 is 0.783 bits per heavy atom. The predicted molar refractivity (Wildman–Crippen MR) is 173 cm³/mol. The van der Waals surface area contributed by atoms with Crippen molar-refractivity contribution in [1.29, 1.82) is 10.5 Å². The monoisotopic (exact) mass is 632 g/mol. The molecule has 0 saturated carbocycles. The van der Waals surface area contributed by atoms with Crippen molar-refractivity contribution in [3.8, 4) is 34.4 Å². The van der Waals surface area contributed by atoms with Gasteiger partial charge < -0.3 is 20.6 Å². The van der Waals surface area contributed by atoms with E-state index in [0.29, 0.717) is 44.4 Å². The van der Waals surface area contributed by atoms with Gasteiger partial charge in [0, 0.05) is 60.0 Å². The van der Waals surface area contributed by atoms with E-state index in [1.807, 2.05) is 13.0 Å². The molecule has 46 heavy (non-hydrogen) atoms. The quantitative estimate of drug-likeness (QED) is 0.232. The third-order valence-corrected chi connectivity index (χ3v) is 8.10. The van der Waals surface area contributed by atoms with Crippen LogP contribution in [-0.4, -0.2) is 30.9 Å². The van der Waals surface area contributed by atoms with Crippen molar-refractivity contribution in [2.45, 2.75) is 13.8 Å². The number of nitriles is 2. The second-order valence-corrected chi connectivity index (χ2v) is 11.0. The van der Waals surface area contributed by atoms with Gasteiger partial charge >= 0.3 is 0 Å². The van der Waals surface area contributed by atoms with Crippen LogP contribution in [0.3, 0.4) is 0 Å². The molecular formula is C34H26ClFN8O2. The highest BCUT2D eigenvalue weighted by Gasteiger charge is 2.21. The minimum absolute atomic E-state index is 0.367. The lowest BCUT2D eigenvalue weighted by atomic mass is 9.99. The fourth-order valence-electron chi connectivity index (χ4n) is 5.92. The number of carbonyl (C=O) groups is 2. The number of carbonyl (C=O) groups excluding carboxylic acids is 2. The number of nitrogens with two attached hydrogens (primary N) is 2. The van der Waals surface area contributed by atoms with Crippen LogP contribution < -0.4 is 11.5 Å². The minimum Gasteiger partial charge on any atom is -0.364 e. The number of hydrogen-bond acceptors (Lipinski definition) is 6. The van der Waals surface area contributed by atoms with E-state index >= 15 is 0 Å². The Hall–Kier alpha value is -6.04. The molecule has 0 unspecified atom stereocenters. The van der Waals surface area contributed by atoms with Crippen LogP contribution in [0.15, 0.2) is 60.9 Å². The number of aryl methyl sites for hydroxylation is 4. The number of fused-ring (bicyclic) bond motifs is 2. The zero-order chi connectivity index (χ0) is 33.4. The van der Waals surface area contributed by atoms with Crippen molar-refractivity contribution in [2.75, 3.05) is 0 Å². The van der Waals surface area contributed by atoms with Crippen LogP contribution in [0.25, 0.3) is 44.1 Å². The van der Waals surface area contributed by atoms with Crippen LogP contribution in [0.5, 0.6) is 0 Å². The van der Waals surface area contributed by atoms with Gasteiger partial charge in [-0.25, -0.2) is 9.97 Å². The van der Waals surface area contributed by atoms with Crippen LogP contribution in [-0.2, 0) is 14.1 Å². The average molecular weight is 633 g/mol. The molecule has 0 aliphatic heterocycles. The first-order valence-electron chi connectivity index (χ1n) is 13.8. The number of amides is 2. The van der Waals surface area contributed by atoms with Crippen molar-refractivity contribution >= 4 is 45.2 Å². The normalized spacial score (nSPS) is 10.7. The number of nitrogens with zero attached hydrogens (tertiary/aromatic N) is 6. The molecule has 0 radical (unpaired) electrons. The Bertz CT molecular complexity index is 2310. The third-order valence-electron chi connectivity index (χ3n) is 7.88. The first kappa shape index (κ1) is 31.4. The maximum Gasteiger partial charge on any atom is 0.265 e. The minimum atomic E-state index is -0.612. The Kier molecular flexibility index (Phi) is 8.29. The number of aromatic nitrogens is 4. The Balaban J connectivity index is 0.000000181. The van der Waals surface area contributed by atoms with E-state index in [1.165, 1.54) is 12.3 Å². The first-order valence-corrected chi connectivity index (χ1v) is 14.1. The summed E-state index contributed by atoms with van der Waals surface area (Å²) in [7, 11) is 3.51. The van der Waals surface area contributed by atoms with Crippen LogP contribution in [0.1, 0.15) is 43.2 Å². The number of pyridine rings is 2. The number of rotatable bonds is 4. The largest absolute Gasteiger partial charge is 0.364 e. The van der Waals surface area contributed by atoms with Gasteiger partial charge in [-0.15, -0.1) is 0 Å². The molecule has 228 valence electrons. The molecule has 4 heterocycles. The van der Waals surface area contributed by atoms with Crippen molar-refractivity contribution < 1.29 is 14.0 Å². The zero-order valence-corrected chi connectivity index (χ0v) is 25.9. The van der Waals surface area contributed by atoms with Gasteiger partial charge in [0.25, 0.3) is 11.8 Å². The van der Waals surface area contributed by atoms with Gasteiger partial charge in [0.1, 0.15) is 16.5 Å². The summed E-state index contributed by atoms with van der Waals surface area (Å²) in [5.41, 5.74) is 18.6. The Labute approximate surface area is 267 Å². The summed E-state index contributed by atoms with van der Waals surface area (Å²) in [6.45, 7) is 3.61. The van der Waals surface area contributed by atoms with Gasteiger partial charge in [0.2, 0.25) is 5.95 Å². The lowest BCUT2D eigenvalue weighted by Gasteiger charge is -2.08.